The first-order chi connectivity index (χ1) is 10.7. The predicted octanol–water partition coefficient (Wildman–Crippen LogP) is 4.54. The minimum atomic E-state index is 0.272. The zero-order valence-corrected chi connectivity index (χ0v) is 15.2. The van der Waals surface area contributed by atoms with Gasteiger partial charge in [-0.15, -0.1) is 0 Å². The van der Waals surface area contributed by atoms with Gasteiger partial charge in [-0.1, -0.05) is 71.1 Å². The van der Waals surface area contributed by atoms with Crippen molar-refractivity contribution in [2.24, 2.45) is 4.99 Å². The molecule has 0 bridgehead atoms. The van der Waals surface area contributed by atoms with Crippen molar-refractivity contribution < 1.29 is 9.59 Å². The Hall–Kier alpha value is -0.410. The third-order valence-electron chi connectivity index (χ3n) is 5.11. The van der Waals surface area contributed by atoms with Gasteiger partial charge in [0, 0.05) is 6.42 Å². The second-order valence-electron chi connectivity index (χ2n) is 7.15. The van der Waals surface area contributed by atoms with Crippen LogP contribution in [0.2, 0.25) is 0 Å². The third kappa shape index (κ3) is 7.73. The van der Waals surface area contributed by atoms with E-state index in [4.69, 9.17) is 0 Å². The summed E-state index contributed by atoms with van der Waals surface area (Å²) in [6.45, 7) is 5.41. The number of likely N-dealkylation sites (N-methyl/N-ethyl adjacent to an activating group) is 1. The maximum atomic E-state index is 9.20. The van der Waals surface area contributed by atoms with Gasteiger partial charge in [-0.2, -0.15) is 0 Å². The molecule has 3 nitrogen and oxygen atoms in total. The molecule has 1 rings (SSSR count). The van der Waals surface area contributed by atoms with Gasteiger partial charge in [-0.25, -0.2) is 4.99 Å². The third-order valence-corrected chi connectivity index (χ3v) is 5.11. The van der Waals surface area contributed by atoms with Crippen molar-refractivity contribution in [3.8, 4) is 0 Å². The van der Waals surface area contributed by atoms with Crippen molar-refractivity contribution in [2.45, 2.75) is 84.0 Å². The molecule has 1 unspecified atom stereocenters. The lowest BCUT2D eigenvalue weighted by molar-refractivity contribution is -0.815. The van der Waals surface area contributed by atoms with E-state index in [9.17, 15) is 5.11 Å². The Morgan fingerprint density at radius 1 is 0.909 bits per heavy atom. The Morgan fingerprint density at radius 2 is 1.45 bits per heavy atom. The number of aliphatic imine (C=N–C) groups is 1. The van der Waals surface area contributed by atoms with E-state index in [0.29, 0.717) is 0 Å². The first-order valence-corrected chi connectivity index (χ1v) is 9.72. The predicted molar refractivity (Wildman–Crippen MR) is 96.4 cm³/mol. The van der Waals surface area contributed by atoms with Gasteiger partial charge < -0.3 is 5.11 Å². The van der Waals surface area contributed by atoms with Crippen LogP contribution in [0.1, 0.15) is 84.0 Å². The molecule has 0 aromatic rings. The quantitative estimate of drug-likeness (QED) is 0.371. The van der Waals surface area contributed by atoms with Crippen LogP contribution in [0.25, 0.3) is 0 Å². The number of aliphatic hydroxyl groups excluding tert-OH is 1. The summed E-state index contributed by atoms with van der Waals surface area (Å²) in [6.07, 6.45) is 16.5. The van der Waals surface area contributed by atoms with E-state index in [1.165, 1.54) is 76.5 Å². The lowest BCUT2D eigenvalue weighted by Gasteiger charge is -2.29. The number of unbranched alkanes of at least 4 members (excludes halogenated alkanes) is 10. The topological polar surface area (TPSA) is 32.6 Å². The maximum Gasteiger partial charge on any atom is 0.198 e. The van der Waals surface area contributed by atoms with E-state index < -0.39 is 0 Å². The molecule has 1 aliphatic heterocycles. The average molecular weight is 312 g/mol. The highest BCUT2D eigenvalue weighted by atomic mass is 16.3. The Balaban J connectivity index is 1.93. The van der Waals surface area contributed by atoms with Crippen LogP contribution in [-0.2, 0) is 0 Å². The SMILES string of the molecule is CCCCCCCCCCCCCC1=NCC[N+]1(C)CCO. The molecule has 22 heavy (non-hydrogen) atoms. The van der Waals surface area contributed by atoms with E-state index >= 15 is 0 Å². The van der Waals surface area contributed by atoms with E-state index in [2.05, 4.69) is 19.0 Å². The molecule has 0 aromatic heterocycles. The van der Waals surface area contributed by atoms with Crippen molar-refractivity contribution in [1.82, 2.24) is 0 Å². The first kappa shape index (κ1) is 19.6. The Bertz CT molecular complexity index is 304. The lowest BCUT2D eigenvalue weighted by atomic mass is 10.0. The fourth-order valence-corrected chi connectivity index (χ4v) is 3.46. The van der Waals surface area contributed by atoms with Gasteiger partial charge in [-0.05, 0) is 6.42 Å². The second kappa shape index (κ2) is 12.1. The van der Waals surface area contributed by atoms with Crippen molar-refractivity contribution in [2.75, 3.05) is 33.3 Å². The highest BCUT2D eigenvalue weighted by molar-refractivity contribution is 5.76. The summed E-state index contributed by atoms with van der Waals surface area (Å²) in [7, 11) is 2.22. The molecule has 0 amide bonds. The van der Waals surface area contributed by atoms with Gasteiger partial charge in [0.15, 0.2) is 5.84 Å². The van der Waals surface area contributed by atoms with Gasteiger partial charge in [-0.3, -0.25) is 4.48 Å². The molecule has 0 aliphatic carbocycles. The van der Waals surface area contributed by atoms with Gasteiger partial charge in [0.05, 0.1) is 20.2 Å². The van der Waals surface area contributed by atoms with Crippen LogP contribution in [0.4, 0.5) is 0 Å². The van der Waals surface area contributed by atoms with Gasteiger partial charge in [0.25, 0.3) is 0 Å². The summed E-state index contributed by atoms with van der Waals surface area (Å²) in [5.74, 6) is 1.32. The number of hydrogen-bond donors (Lipinski definition) is 1. The molecule has 1 N–H and O–H groups in total. The van der Waals surface area contributed by atoms with E-state index in [-0.39, 0.29) is 6.61 Å². The van der Waals surface area contributed by atoms with Crippen LogP contribution < -0.4 is 0 Å². The highest BCUT2D eigenvalue weighted by Crippen LogP contribution is 2.18. The second-order valence-corrected chi connectivity index (χ2v) is 7.15. The summed E-state index contributed by atoms with van der Waals surface area (Å²) in [5.41, 5.74) is 0. The molecule has 3 heteroatoms. The number of hydrogen-bond acceptors (Lipinski definition) is 2. The summed E-state index contributed by atoms with van der Waals surface area (Å²) < 4.78 is 0.883. The Kier molecular flexibility index (Phi) is 10.8. The molecule has 1 heterocycles. The molecule has 130 valence electrons. The Labute approximate surface area is 138 Å². The molecular weight excluding hydrogens is 272 g/mol. The molecule has 0 saturated carbocycles. The van der Waals surface area contributed by atoms with Crippen LogP contribution in [0.5, 0.6) is 0 Å². The maximum absolute atomic E-state index is 9.20. The van der Waals surface area contributed by atoms with E-state index in [1.54, 1.807) is 0 Å². The standard InChI is InChI=1S/C19H39N2O/c1-3-4-5-6-7-8-9-10-11-12-13-14-19-20-15-16-21(19,2)17-18-22/h22H,3-18H2,1-2H3/q+1. The van der Waals surface area contributed by atoms with E-state index in [1.807, 2.05) is 0 Å². The van der Waals surface area contributed by atoms with Crippen LogP contribution in [-0.4, -0.2) is 48.7 Å². The van der Waals surface area contributed by atoms with Gasteiger partial charge >= 0.3 is 0 Å². The van der Waals surface area contributed by atoms with Crippen molar-refractivity contribution in [1.29, 1.82) is 0 Å². The van der Waals surface area contributed by atoms with Crippen LogP contribution >= 0.6 is 0 Å². The summed E-state index contributed by atoms with van der Waals surface area (Å²) in [5, 5.41) is 9.20. The van der Waals surface area contributed by atoms with Gasteiger partial charge in [0.2, 0.25) is 0 Å². The number of rotatable bonds is 14. The molecule has 1 aliphatic rings. The molecule has 0 spiro atoms. The van der Waals surface area contributed by atoms with Crippen molar-refractivity contribution in [3.63, 3.8) is 0 Å². The molecule has 1 atom stereocenters. The molecule has 0 fully saturated rings. The molecular formula is C19H39N2O+. The number of aliphatic hydroxyl groups is 1. The average Bonchev–Trinajstić information content (AvgIpc) is 2.86. The van der Waals surface area contributed by atoms with E-state index in [0.717, 1.165) is 30.5 Å². The fraction of sp³-hybridized carbons (Fsp3) is 0.947. The van der Waals surface area contributed by atoms with Crippen LogP contribution in [0.15, 0.2) is 4.99 Å². The molecule has 0 aromatic carbocycles. The van der Waals surface area contributed by atoms with Crippen LogP contribution in [0.3, 0.4) is 0 Å². The molecule has 0 saturated heterocycles. The number of amidine groups is 1. The smallest absolute Gasteiger partial charge is 0.198 e. The molecule has 0 radical (unpaired) electrons. The lowest BCUT2D eigenvalue weighted by Crippen LogP contribution is -2.48. The highest BCUT2D eigenvalue weighted by Gasteiger charge is 2.32. The fourth-order valence-electron chi connectivity index (χ4n) is 3.46. The minimum absolute atomic E-state index is 0.272. The minimum Gasteiger partial charge on any atom is -0.390 e. The monoisotopic (exact) mass is 311 g/mol. The summed E-state index contributed by atoms with van der Waals surface area (Å²) in [4.78, 5) is 4.67. The zero-order valence-electron chi connectivity index (χ0n) is 15.2. The van der Waals surface area contributed by atoms with Crippen molar-refractivity contribution >= 4 is 5.84 Å². The first-order valence-electron chi connectivity index (χ1n) is 9.72. The number of quaternary nitrogens is 1. The Morgan fingerprint density at radius 3 is 2.00 bits per heavy atom. The van der Waals surface area contributed by atoms with Crippen molar-refractivity contribution in [3.05, 3.63) is 0 Å². The largest absolute Gasteiger partial charge is 0.390 e. The normalized spacial score (nSPS) is 21.3. The summed E-state index contributed by atoms with van der Waals surface area (Å²) in [6, 6.07) is 0. The van der Waals surface area contributed by atoms with Crippen LogP contribution in [0, 0.1) is 0 Å². The van der Waals surface area contributed by atoms with Gasteiger partial charge in [0.1, 0.15) is 13.1 Å². The number of nitrogens with zero attached hydrogens (tertiary/aromatic N) is 2. The summed E-state index contributed by atoms with van der Waals surface area (Å²) >= 11 is 0. The zero-order chi connectivity index (χ0) is 16.1.